The first-order chi connectivity index (χ1) is 13.0. The minimum atomic E-state index is -2.69. The summed E-state index contributed by atoms with van der Waals surface area (Å²) in [5.74, 6) is -0.201. The van der Waals surface area contributed by atoms with Gasteiger partial charge in [-0.2, -0.15) is 10.1 Å². The van der Waals surface area contributed by atoms with Crippen molar-refractivity contribution in [3.8, 4) is 0 Å². The Balaban J connectivity index is 1.75. The van der Waals surface area contributed by atoms with Crippen LogP contribution in [0.1, 0.15) is 11.3 Å². The standard InChI is InChI=1S/C17H13F3N6O/c18-12-6-2-1-4-10(12)8-25-16-11(5-3-7-21-16)14(23-25)15-22-17(27)26(24-15)9-13(19)20/h1-7,13H,8-9H2,(H,22,24,27)/p+1. The lowest BCUT2D eigenvalue weighted by Crippen LogP contribution is -2.90. The normalized spacial score (nSPS) is 14.4. The fourth-order valence-electron chi connectivity index (χ4n) is 2.87. The number of pyridine rings is 1. The van der Waals surface area contributed by atoms with Gasteiger partial charge in [0.1, 0.15) is 12.4 Å². The second-order valence-corrected chi connectivity index (χ2v) is 5.91. The lowest BCUT2D eigenvalue weighted by atomic mass is 10.2. The van der Waals surface area contributed by atoms with Crippen LogP contribution in [0.5, 0.6) is 0 Å². The van der Waals surface area contributed by atoms with Crippen molar-refractivity contribution in [2.45, 2.75) is 13.0 Å². The van der Waals surface area contributed by atoms with Gasteiger partial charge in [-0.25, -0.2) is 32.9 Å². The van der Waals surface area contributed by atoms with Crippen molar-refractivity contribution in [3.05, 3.63) is 59.7 Å². The highest BCUT2D eigenvalue weighted by molar-refractivity contribution is 6.06. The molecule has 1 aliphatic rings. The minimum absolute atomic E-state index is 0.127. The van der Waals surface area contributed by atoms with Crippen LogP contribution in [-0.2, 0) is 6.54 Å². The van der Waals surface area contributed by atoms with Crippen LogP contribution in [0.3, 0.4) is 0 Å². The second-order valence-electron chi connectivity index (χ2n) is 5.91. The summed E-state index contributed by atoms with van der Waals surface area (Å²) >= 11 is 0. The Morgan fingerprint density at radius 1 is 1.15 bits per heavy atom. The van der Waals surface area contributed by atoms with Crippen molar-refractivity contribution in [1.29, 1.82) is 0 Å². The number of halogens is 3. The number of carbonyl (C=O) groups is 1. The first kappa shape index (κ1) is 17.2. The summed E-state index contributed by atoms with van der Waals surface area (Å²) in [4.78, 5) is 16.2. The highest BCUT2D eigenvalue weighted by Gasteiger charge is 2.34. The number of fused-ring (bicyclic) bond motifs is 1. The number of alkyl halides is 2. The average molecular weight is 375 g/mol. The van der Waals surface area contributed by atoms with E-state index in [0.29, 0.717) is 27.3 Å². The molecule has 27 heavy (non-hydrogen) atoms. The summed E-state index contributed by atoms with van der Waals surface area (Å²) in [6, 6.07) is 9.09. The van der Waals surface area contributed by atoms with Gasteiger partial charge >= 0.3 is 6.03 Å². The van der Waals surface area contributed by atoms with Gasteiger partial charge in [0.05, 0.1) is 11.9 Å². The van der Waals surface area contributed by atoms with Gasteiger partial charge in [0, 0.05) is 11.8 Å². The molecule has 3 aromatic rings. The van der Waals surface area contributed by atoms with E-state index < -0.39 is 19.0 Å². The van der Waals surface area contributed by atoms with E-state index in [1.807, 2.05) is 0 Å². The van der Waals surface area contributed by atoms with E-state index in [0.717, 1.165) is 5.32 Å². The van der Waals surface area contributed by atoms with Gasteiger partial charge in [0.2, 0.25) is 0 Å². The van der Waals surface area contributed by atoms with Crippen molar-refractivity contribution in [1.82, 2.24) is 19.8 Å². The van der Waals surface area contributed by atoms with E-state index in [4.69, 9.17) is 0 Å². The molecule has 0 unspecified atom stereocenters. The van der Waals surface area contributed by atoms with E-state index >= 15 is 0 Å². The minimum Gasteiger partial charge on any atom is -0.242 e. The number of rotatable bonds is 5. The molecule has 138 valence electrons. The van der Waals surface area contributed by atoms with Gasteiger partial charge in [-0.15, -0.1) is 5.10 Å². The van der Waals surface area contributed by atoms with Crippen molar-refractivity contribution < 1.29 is 23.3 Å². The average Bonchev–Trinajstić information content (AvgIpc) is 3.18. The number of amides is 2. The molecule has 0 spiro atoms. The fraction of sp³-hybridized carbons (Fsp3) is 0.176. The third-order valence-corrected chi connectivity index (χ3v) is 4.08. The van der Waals surface area contributed by atoms with Gasteiger partial charge in [0.25, 0.3) is 12.3 Å². The van der Waals surface area contributed by atoms with E-state index in [2.05, 4.69) is 15.2 Å². The molecule has 0 aliphatic carbocycles. The summed E-state index contributed by atoms with van der Waals surface area (Å²) in [6.45, 7) is -0.660. The predicted molar refractivity (Wildman–Crippen MR) is 89.6 cm³/mol. The molecule has 0 radical (unpaired) electrons. The van der Waals surface area contributed by atoms with E-state index in [1.165, 1.54) is 10.7 Å². The van der Waals surface area contributed by atoms with Crippen LogP contribution in [0.2, 0.25) is 0 Å². The largest absolute Gasteiger partial charge is 0.442 e. The molecular formula is C17H14F3N6O+. The Labute approximate surface area is 151 Å². The van der Waals surface area contributed by atoms with Crippen molar-refractivity contribution in [2.75, 3.05) is 6.54 Å². The number of hydrazone groups is 1. The number of carbonyl (C=O) groups excluding carboxylic acids is 1. The molecule has 3 heterocycles. The van der Waals surface area contributed by atoms with Crippen LogP contribution in [0.4, 0.5) is 18.0 Å². The number of hydrogen-bond acceptors (Lipinski definition) is 4. The van der Waals surface area contributed by atoms with Gasteiger partial charge in [-0.3, -0.25) is 0 Å². The molecule has 7 nitrogen and oxygen atoms in total. The van der Waals surface area contributed by atoms with Gasteiger partial charge in [-0.05, 0) is 18.2 Å². The Morgan fingerprint density at radius 3 is 2.74 bits per heavy atom. The van der Waals surface area contributed by atoms with Crippen molar-refractivity contribution in [2.24, 2.45) is 5.10 Å². The van der Waals surface area contributed by atoms with Crippen LogP contribution >= 0.6 is 0 Å². The van der Waals surface area contributed by atoms with Gasteiger partial charge < -0.3 is 0 Å². The van der Waals surface area contributed by atoms with Crippen molar-refractivity contribution >= 4 is 22.9 Å². The van der Waals surface area contributed by atoms with E-state index in [1.54, 1.807) is 36.5 Å². The zero-order valence-corrected chi connectivity index (χ0v) is 13.9. The highest BCUT2D eigenvalue weighted by Crippen LogP contribution is 2.19. The zero-order chi connectivity index (χ0) is 19.0. The number of quaternary nitrogens is 1. The topological polar surface area (TPSA) is 80.0 Å². The van der Waals surface area contributed by atoms with Crippen LogP contribution in [0, 0.1) is 5.82 Å². The molecule has 0 bridgehead atoms. The molecule has 0 saturated heterocycles. The number of hydrogen-bond donors (Lipinski definition) is 1. The maximum Gasteiger partial charge on any atom is 0.442 e. The van der Waals surface area contributed by atoms with Crippen molar-refractivity contribution in [3.63, 3.8) is 0 Å². The van der Waals surface area contributed by atoms with Crippen LogP contribution < -0.4 is 5.32 Å². The second kappa shape index (κ2) is 6.80. The molecule has 1 aromatic carbocycles. The number of benzene rings is 1. The number of urea groups is 1. The number of primary amides is 1. The molecule has 4 rings (SSSR count). The summed E-state index contributed by atoms with van der Waals surface area (Å²) in [7, 11) is 0. The number of aromatic nitrogens is 3. The molecule has 0 fully saturated rings. The molecular weight excluding hydrogens is 361 g/mol. The molecule has 10 heteroatoms. The summed E-state index contributed by atoms with van der Waals surface area (Å²) in [5, 5.41) is 10.8. The first-order valence-corrected chi connectivity index (χ1v) is 8.11. The Hall–Kier alpha value is -3.27. The van der Waals surface area contributed by atoms with Crippen LogP contribution in [0.15, 0.2) is 47.7 Å². The third-order valence-electron chi connectivity index (χ3n) is 4.08. The summed E-state index contributed by atoms with van der Waals surface area (Å²) in [5.41, 5.74) is 1.23. The maximum absolute atomic E-state index is 14.0. The smallest absolute Gasteiger partial charge is 0.242 e. The van der Waals surface area contributed by atoms with Crippen LogP contribution in [0.25, 0.3) is 11.0 Å². The monoisotopic (exact) mass is 375 g/mol. The quantitative estimate of drug-likeness (QED) is 0.735. The Morgan fingerprint density at radius 2 is 1.96 bits per heavy atom. The Bertz CT molecular complexity index is 1050. The summed E-state index contributed by atoms with van der Waals surface area (Å²) < 4.78 is 40.7. The maximum atomic E-state index is 14.0. The van der Waals surface area contributed by atoms with E-state index in [9.17, 15) is 18.0 Å². The molecule has 0 atom stereocenters. The van der Waals surface area contributed by atoms with Gasteiger partial charge in [-0.1, -0.05) is 18.2 Å². The van der Waals surface area contributed by atoms with Gasteiger partial charge in [0.15, 0.2) is 11.3 Å². The van der Waals surface area contributed by atoms with Crippen LogP contribution in [-0.4, -0.2) is 44.6 Å². The fourth-order valence-corrected chi connectivity index (χ4v) is 2.87. The lowest BCUT2D eigenvalue weighted by Gasteiger charge is -2.04. The number of amidine groups is 1. The molecule has 2 aromatic heterocycles. The highest BCUT2D eigenvalue weighted by atomic mass is 19.3. The number of nitrogens with two attached hydrogens (primary N) is 1. The zero-order valence-electron chi connectivity index (χ0n) is 13.9. The first-order valence-electron chi connectivity index (χ1n) is 8.11. The Kier molecular flexibility index (Phi) is 4.32. The molecule has 0 saturated carbocycles. The summed E-state index contributed by atoms with van der Waals surface area (Å²) in [6.07, 6.45) is -1.12. The third kappa shape index (κ3) is 3.26. The molecule has 2 N–H and O–H groups in total. The lowest BCUT2D eigenvalue weighted by molar-refractivity contribution is -0.427. The number of nitrogens with zero attached hydrogens (tertiary/aromatic N) is 5. The molecule has 1 aliphatic heterocycles. The molecule has 2 amide bonds. The van der Waals surface area contributed by atoms with E-state index in [-0.39, 0.29) is 18.2 Å². The SMILES string of the molecule is O=C1[NH2+]C(c2nn(Cc3ccccc3F)c3ncccc23)=NN1CC(F)F. The predicted octanol–water partition coefficient (Wildman–Crippen LogP) is 1.54.